The van der Waals surface area contributed by atoms with Gasteiger partial charge in [0.15, 0.2) is 0 Å². The van der Waals surface area contributed by atoms with E-state index in [2.05, 4.69) is 16.9 Å². The molecule has 0 aliphatic carbocycles. The minimum atomic E-state index is 0.551. The van der Waals surface area contributed by atoms with Gasteiger partial charge in [0.2, 0.25) is 4.77 Å². The van der Waals surface area contributed by atoms with E-state index in [9.17, 15) is 0 Å². The molecule has 2 aromatic heterocycles. The fraction of sp³-hybridized carbons (Fsp3) is 0.292. The fourth-order valence-corrected chi connectivity index (χ4v) is 4.33. The zero-order valence-corrected chi connectivity index (χ0v) is 20.8. The second-order valence-corrected chi connectivity index (χ2v) is 8.78. The summed E-state index contributed by atoms with van der Waals surface area (Å²) in [5.41, 5.74) is 5.25. The number of methoxy groups -OCH3 is 1. The average Bonchev–Trinajstić information content (AvgIpc) is 3.29. The van der Waals surface area contributed by atoms with Crippen molar-refractivity contribution in [2.24, 2.45) is 0 Å². The highest BCUT2D eigenvalue weighted by atomic mass is 35.5. The summed E-state index contributed by atoms with van der Waals surface area (Å²) in [6.07, 6.45) is 1.73. The zero-order chi connectivity index (χ0) is 23.5. The summed E-state index contributed by atoms with van der Waals surface area (Å²) < 4.78 is 11.8. The van der Waals surface area contributed by atoms with Crippen molar-refractivity contribution >= 4 is 23.8 Å². The lowest BCUT2D eigenvalue weighted by molar-refractivity contribution is 0.243. The molecule has 0 fully saturated rings. The van der Waals surface area contributed by atoms with Crippen LogP contribution in [0.5, 0.6) is 5.75 Å². The molecule has 172 valence electrons. The number of benzene rings is 2. The first-order valence-electron chi connectivity index (χ1n) is 10.6. The van der Waals surface area contributed by atoms with E-state index >= 15 is 0 Å². The largest absolute Gasteiger partial charge is 0.495 e. The molecule has 0 amide bonds. The summed E-state index contributed by atoms with van der Waals surface area (Å²) in [7, 11) is 3.70. The molecule has 0 bridgehead atoms. The van der Waals surface area contributed by atoms with Crippen LogP contribution < -0.4 is 4.74 Å². The molecule has 0 radical (unpaired) electrons. The lowest BCUT2D eigenvalue weighted by Crippen LogP contribution is -2.23. The third-order valence-electron chi connectivity index (χ3n) is 5.69. The van der Waals surface area contributed by atoms with Crippen LogP contribution in [0.4, 0.5) is 0 Å². The van der Waals surface area contributed by atoms with Crippen LogP contribution in [0.2, 0.25) is 5.02 Å². The quantitative estimate of drug-likeness (QED) is 0.330. The van der Waals surface area contributed by atoms with E-state index in [0.29, 0.717) is 18.0 Å². The third-order valence-corrected chi connectivity index (χ3v) is 6.47. The van der Waals surface area contributed by atoms with Gasteiger partial charge in [0.05, 0.1) is 31.7 Å². The summed E-state index contributed by atoms with van der Waals surface area (Å²) in [4.78, 5) is 2.17. The number of hydrogen-bond acceptors (Lipinski definition) is 5. The first-order valence-corrected chi connectivity index (χ1v) is 11.4. The lowest BCUT2D eigenvalue weighted by Gasteiger charge is -2.17. The lowest BCUT2D eigenvalue weighted by atomic mass is 10.2. The molecule has 0 unspecified atom stereocenters. The second kappa shape index (κ2) is 9.91. The van der Waals surface area contributed by atoms with Gasteiger partial charge in [-0.3, -0.25) is 14.1 Å². The summed E-state index contributed by atoms with van der Waals surface area (Å²) >= 11 is 12.0. The van der Waals surface area contributed by atoms with E-state index in [4.69, 9.17) is 33.7 Å². The minimum absolute atomic E-state index is 0.551. The molecule has 0 N–H and O–H groups in total. The normalized spacial score (nSPS) is 11.3. The van der Waals surface area contributed by atoms with Crippen LogP contribution in [0.3, 0.4) is 0 Å². The Hall–Kier alpha value is -2.94. The number of halogens is 1. The maximum absolute atomic E-state index is 6.35. The van der Waals surface area contributed by atoms with Crippen molar-refractivity contribution in [3.8, 4) is 11.4 Å². The monoisotopic (exact) mass is 482 g/mol. The van der Waals surface area contributed by atoms with Gasteiger partial charge in [-0.25, -0.2) is 4.68 Å². The highest BCUT2D eigenvalue weighted by molar-refractivity contribution is 7.71. The van der Waals surface area contributed by atoms with Gasteiger partial charge < -0.3 is 4.74 Å². The van der Waals surface area contributed by atoms with E-state index in [0.717, 1.165) is 40.0 Å². The first-order chi connectivity index (χ1) is 15.9. The number of aromatic nitrogens is 5. The Morgan fingerprint density at radius 2 is 1.79 bits per heavy atom. The number of ether oxygens (including phenoxy) is 1. The van der Waals surface area contributed by atoms with Crippen molar-refractivity contribution in [2.45, 2.75) is 33.6 Å². The van der Waals surface area contributed by atoms with Gasteiger partial charge in [-0.2, -0.15) is 10.2 Å². The Kier molecular flexibility index (Phi) is 6.97. The third kappa shape index (κ3) is 4.88. The van der Waals surface area contributed by atoms with E-state index in [1.54, 1.807) is 18.1 Å². The van der Waals surface area contributed by atoms with E-state index < -0.39 is 0 Å². The summed E-state index contributed by atoms with van der Waals surface area (Å²) in [6, 6.07) is 15.6. The van der Waals surface area contributed by atoms with Crippen LogP contribution in [-0.4, -0.2) is 43.2 Å². The Morgan fingerprint density at radius 1 is 1.06 bits per heavy atom. The SMILES string of the molecule is COc1ccccc1-n1cnn(CN(C)Cc2c(C)nn(Cc3ccccc3Cl)c2C)c1=S. The molecular formula is C24H27ClN6OS. The fourth-order valence-electron chi connectivity index (χ4n) is 3.88. The predicted octanol–water partition coefficient (Wildman–Crippen LogP) is 5.02. The standard InChI is InChI=1S/C24H27ClN6OS/c1-17-20(18(2)30(27-17)13-19-9-5-6-10-21(19)25)14-28(3)16-31-24(33)29(15-26-31)22-11-7-8-12-23(22)32-4/h5-12,15H,13-14,16H2,1-4H3. The summed E-state index contributed by atoms with van der Waals surface area (Å²) in [6.45, 7) is 6.06. The topological polar surface area (TPSA) is 53.0 Å². The molecule has 0 aliphatic heterocycles. The van der Waals surface area contributed by atoms with Crippen molar-refractivity contribution in [3.05, 3.63) is 87.2 Å². The molecule has 0 spiro atoms. The van der Waals surface area contributed by atoms with Gasteiger partial charge >= 0.3 is 0 Å². The van der Waals surface area contributed by atoms with Crippen molar-refractivity contribution in [2.75, 3.05) is 14.2 Å². The van der Waals surface area contributed by atoms with Crippen LogP contribution in [-0.2, 0) is 19.8 Å². The highest BCUT2D eigenvalue weighted by Crippen LogP contribution is 2.23. The molecule has 2 heterocycles. The van der Waals surface area contributed by atoms with Crippen molar-refractivity contribution < 1.29 is 4.74 Å². The Labute approximate surface area is 203 Å². The van der Waals surface area contributed by atoms with Gasteiger partial charge in [0, 0.05) is 22.8 Å². The first kappa shape index (κ1) is 23.2. The van der Waals surface area contributed by atoms with Crippen LogP contribution >= 0.6 is 23.8 Å². The zero-order valence-electron chi connectivity index (χ0n) is 19.2. The maximum atomic E-state index is 6.35. The number of para-hydroxylation sites is 2. The molecule has 2 aromatic carbocycles. The molecule has 0 aliphatic rings. The number of hydrogen-bond donors (Lipinski definition) is 0. The minimum Gasteiger partial charge on any atom is -0.495 e. The summed E-state index contributed by atoms with van der Waals surface area (Å²) in [5, 5.41) is 10.0. The van der Waals surface area contributed by atoms with Crippen molar-refractivity contribution in [3.63, 3.8) is 0 Å². The molecule has 0 saturated carbocycles. The molecule has 0 saturated heterocycles. The molecule has 0 atom stereocenters. The Balaban J connectivity index is 1.51. The Morgan fingerprint density at radius 3 is 2.55 bits per heavy atom. The molecule has 33 heavy (non-hydrogen) atoms. The predicted molar refractivity (Wildman–Crippen MR) is 133 cm³/mol. The number of aryl methyl sites for hydroxylation is 1. The second-order valence-electron chi connectivity index (χ2n) is 8.01. The molecule has 7 nitrogen and oxygen atoms in total. The van der Waals surface area contributed by atoms with Gasteiger partial charge in [0.1, 0.15) is 12.1 Å². The van der Waals surface area contributed by atoms with Gasteiger partial charge in [0.25, 0.3) is 0 Å². The highest BCUT2D eigenvalue weighted by Gasteiger charge is 2.16. The molecule has 4 rings (SSSR count). The average molecular weight is 483 g/mol. The smallest absolute Gasteiger partial charge is 0.203 e. The van der Waals surface area contributed by atoms with Gasteiger partial charge in [-0.05, 0) is 56.9 Å². The van der Waals surface area contributed by atoms with Crippen molar-refractivity contribution in [1.29, 1.82) is 0 Å². The number of nitrogens with zero attached hydrogens (tertiary/aromatic N) is 6. The van der Waals surface area contributed by atoms with E-state index in [-0.39, 0.29) is 0 Å². The maximum Gasteiger partial charge on any atom is 0.203 e. The van der Waals surface area contributed by atoms with Crippen LogP contribution in [0, 0.1) is 18.6 Å². The number of rotatable bonds is 8. The molecule has 4 aromatic rings. The van der Waals surface area contributed by atoms with Crippen LogP contribution in [0.15, 0.2) is 54.9 Å². The molecule has 9 heteroatoms. The van der Waals surface area contributed by atoms with Gasteiger partial charge in [-0.1, -0.05) is 41.9 Å². The Bertz CT molecular complexity index is 1320. The van der Waals surface area contributed by atoms with E-state index in [1.807, 2.05) is 71.8 Å². The summed E-state index contributed by atoms with van der Waals surface area (Å²) in [5.74, 6) is 0.749. The molecular weight excluding hydrogens is 456 g/mol. The van der Waals surface area contributed by atoms with Crippen molar-refractivity contribution in [1.82, 2.24) is 29.0 Å². The van der Waals surface area contributed by atoms with Gasteiger partial charge in [-0.15, -0.1) is 0 Å². The van der Waals surface area contributed by atoms with E-state index in [1.165, 1.54) is 5.56 Å². The van der Waals surface area contributed by atoms with Crippen LogP contribution in [0.1, 0.15) is 22.5 Å². The van der Waals surface area contributed by atoms with Crippen LogP contribution in [0.25, 0.3) is 5.69 Å².